The standard InChI is InChI=1S/C24H22ClF3N4OS/c1-31(2)13-15-14-32(34-18-6-4-5-16(11-18)24(26,27)28)21-12-17(7-8-19(15)21)29-20-9-10-22(33-3)30-23(20)25/h4-12,14,29H,13H2,1-3H3. The van der Waals surface area contributed by atoms with E-state index in [9.17, 15) is 13.2 Å². The van der Waals surface area contributed by atoms with E-state index in [0.717, 1.165) is 34.3 Å². The van der Waals surface area contributed by atoms with Crippen LogP contribution in [0.3, 0.4) is 0 Å². The first-order chi connectivity index (χ1) is 16.1. The molecule has 2 heterocycles. The van der Waals surface area contributed by atoms with Crippen LogP contribution in [0.2, 0.25) is 5.15 Å². The molecule has 5 nitrogen and oxygen atoms in total. The van der Waals surface area contributed by atoms with E-state index in [4.69, 9.17) is 16.3 Å². The maximum atomic E-state index is 13.2. The number of rotatable bonds is 7. The fourth-order valence-electron chi connectivity index (χ4n) is 3.51. The number of aromatic nitrogens is 2. The van der Waals surface area contributed by atoms with Crippen LogP contribution in [0.5, 0.6) is 5.88 Å². The summed E-state index contributed by atoms with van der Waals surface area (Å²) in [6.45, 7) is 0.688. The van der Waals surface area contributed by atoms with Crippen LogP contribution in [-0.2, 0) is 12.7 Å². The van der Waals surface area contributed by atoms with Crippen molar-refractivity contribution in [2.75, 3.05) is 26.5 Å². The van der Waals surface area contributed by atoms with Gasteiger partial charge >= 0.3 is 6.18 Å². The fraction of sp³-hybridized carbons (Fsp3) is 0.208. The first-order valence-corrected chi connectivity index (χ1v) is 11.4. The number of hydrogen-bond acceptors (Lipinski definition) is 5. The third-order valence-corrected chi connectivity index (χ3v) is 6.27. The van der Waals surface area contributed by atoms with Crippen molar-refractivity contribution in [2.24, 2.45) is 0 Å². The molecule has 0 saturated carbocycles. The lowest BCUT2D eigenvalue weighted by molar-refractivity contribution is -0.137. The molecule has 0 unspecified atom stereocenters. The van der Waals surface area contributed by atoms with Gasteiger partial charge in [0.2, 0.25) is 5.88 Å². The van der Waals surface area contributed by atoms with Crippen LogP contribution in [0.15, 0.2) is 65.7 Å². The molecule has 0 spiro atoms. The number of ether oxygens (including phenoxy) is 1. The summed E-state index contributed by atoms with van der Waals surface area (Å²) in [7, 11) is 5.46. The zero-order valence-electron chi connectivity index (χ0n) is 18.7. The Hall–Kier alpha value is -2.88. The number of halogens is 4. The number of nitrogens with zero attached hydrogens (tertiary/aromatic N) is 3. The molecule has 4 rings (SSSR count). The van der Waals surface area contributed by atoms with Crippen molar-refractivity contribution >= 4 is 45.8 Å². The molecule has 10 heteroatoms. The number of anilines is 2. The summed E-state index contributed by atoms with van der Waals surface area (Å²) in [5, 5.41) is 4.53. The van der Waals surface area contributed by atoms with Crippen molar-refractivity contribution in [2.45, 2.75) is 17.6 Å². The van der Waals surface area contributed by atoms with E-state index in [1.165, 1.54) is 25.1 Å². The Kier molecular flexibility index (Phi) is 6.97. The van der Waals surface area contributed by atoms with Gasteiger partial charge in [0.25, 0.3) is 0 Å². The molecule has 0 saturated heterocycles. The van der Waals surface area contributed by atoms with Gasteiger partial charge in [-0.05, 0) is 68.0 Å². The largest absolute Gasteiger partial charge is 0.481 e. The molecule has 0 aliphatic rings. The second-order valence-corrected chi connectivity index (χ2v) is 9.29. The first kappa shape index (κ1) is 24.3. The van der Waals surface area contributed by atoms with Gasteiger partial charge in [-0.25, -0.2) is 0 Å². The Morgan fingerprint density at radius 1 is 1.12 bits per heavy atom. The summed E-state index contributed by atoms with van der Waals surface area (Å²) in [6.07, 6.45) is -2.44. The third-order valence-electron chi connectivity index (χ3n) is 5.02. The lowest BCUT2D eigenvalue weighted by Gasteiger charge is -2.11. The smallest absolute Gasteiger partial charge is 0.416 e. The van der Waals surface area contributed by atoms with Crippen molar-refractivity contribution < 1.29 is 17.9 Å². The highest BCUT2D eigenvalue weighted by Crippen LogP contribution is 2.36. The molecule has 178 valence electrons. The Morgan fingerprint density at radius 3 is 2.59 bits per heavy atom. The molecule has 1 N–H and O–H groups in total. The van der Waals surface area contributed by atoms with Crippen molar-refractivity contribution in [1.29, 1.82) is 0 Å². The number of fused-ring (bicyclic) bond motifs is 1. The SMILES string of the molecule is COc1ccc(Nc2ccc3c(CN(C)C)cn(Sc4cccc(C(F)(F)F)c4)c3c2)c(Cl)n1. The normalized spacial score (nSPS) is 11.9. The lowest BCUT2D eigenvalue weighted by atomic mass is 10.1. The van der Waals surface area contributed by atoms with E-state index >= 15 is 0 Å². The molecule has 0 aliphatic carbocycles. The van der Waals surface area contributed by atoms with E-state index in [-0.39, 0.29) is 5.15 Å². The number of hydrogen-bond donors (Lipinski definition) is 1. The van der Waals surface area contributed by atoms with E-state index in [1.54, 1.807) is 18.2 Å². The first-order valence-electron chi connectivity index (χ1n) is 10.3. The van der Waals surface area contributed by atoms with Crippen molar-refractivity contribution in [3.63, 3.8) is 0 Å². The third kappa shape index (κ3) is 5.43. The highest BCUT2D eigenvalue weighted by atomic mass is 35.5. The van der Waals surface area contributed by atoms with Gasteiger partial charge in [0.1, 0.15) is 0 Å². The molecule has 2 aromatic carbocycles. The van der Waals surface area contributed by atoms with E-state index in [0.29, 0.717) is 23.0 Å². The Bertz CT molecular complexity index is 1320. The van der Waals surface area contributed by atoms with Crippen molar-refractivity contribution in [3.05, 3.63) is 77.1 Å². The molecule has 0 aliphatic heterocycles. The van der Waals surface area contributed by atoms with Crippen LogP contribution in [0.1, 0.15) is 11.1 Å². The number of benzene rings is 2. The van der Waals surface area contributed by atoms with E-state index < -0.39 is 11.7 Å². The Labute approximate surface area is 204 Å². The number of alkyl halides is 3. The van der Waals surface area contributed by atoms with Crippen LogP contribution in [-0.4, -0.2) is 35.1 Å². The number of pyridine rings is 1. The zero-order chi connectivity index (χ0) is 24.5. The Morgan fingerprint density at radius 2 is 1.91 bits per heavy atom. The quantitative estimate of drug-likeness (QED) is 0.271. The van der Waals surface area contributed by atoms with Gasteiger partial charge in [0.05, 0.1) is 23.9 Å². The fourth-order valence-corrected chi connectivity index (χ4v) is 4.68. The minimum Gasteiger partial charge on any atom is -0.481 e. The van der Waals surface area contributed by atoms with Gasteiger partial charge in [-0.3, -0.25) is 3.97 Å². The monoisotopic (exact) mass is 506 g/mol. The summed E-state index contributed by atoms with van der Waals surface area (Å²) >= 11 is 7.50. The summed E-state index contributed by atoms with van der Waals surface area (Å²) in [5.41, 5.74) is 2.63. The minimum absolute atomic E-state index is 0.265. The predicted molar refractivity (Wildman–Crippen MR) is 131 cm³/mol. The Balaban J connectivity index is 1.72. The molecule has 0 fully saturated rings. The second kappa shape index (κ2) is 9.77. The molecule has 0 radical (unpaired) electrons. The van der Waals surface area contributed by atoms with Crippen LogP contribution >= 0.6 is 23.5 Å². The number of methoxy groups -OCH3 is 1. The van der Waals surface area contributed by atoms with Gasteiger partial charge in [-0.2, -0.15) is 18.2 Å². The van der Waals surface area contributed by atoms with Crippen molar-refractivity contribution in [3.8, 4) is 5.88 Å². The van der Waals surface area contributed by atoms with Crippen LogP contribution in [0.4, 0.5) is 24.5 Å². The molecular formula is C24H22ClF3N4OS. The zero-order valence-corrected chi connectivity index (χ0v) is 20.2. The van der Waals surface area contributed by atoms with Gasteiger partial charge < -0.3 is 15.0 Å². The van der Waals surface area contributed by atoms with Gasteiger partial charge in [0.15, 0.2) is 5.15 Å². The average Bonchev–Trinajstić information content (AvgIpc) is 3.10. The van der Waals surface area contributed by atoms with Crippen LogP contribution < -0.4 is 10.1 Å². The highest BCUT2D eigenvalue weighted by Gasteiger charge is 2.30. The summed E-state index contributed by atoms with van der Waals surface area (Å²) < 4.78 is 46.6. The van der Waals surface area contributed by atoms with E-state index in [1.807, 2.05) is 47.4 Å². The molecule has 2 aromatic heterocycles. The maximum absolute atomic E-state index is 13.2. The number of nitrogens with one attached hydrogen (secondary N) is 1. The molecule has 34 heavy (non-hydrogen) atoms. The van der Waals surface area contributed by atoms with Gasteiger partial charge in [-0.15, -0.1) is 0 Å². The summed E-state index contributed by atoms with van der Waals surface area (Å²) in [4.78, 5) is 6.70. The van der Waals surface area contributed by atoms with Crippen molar-refractivity contribution in [1.82, 2.24) is 13.9 Å². The highest BCUT2D eigenvalue weighted by molar-refractivity contribution is 7.98. The summed E-state index contributed by atoms with van der Waals surface area (Å²) in [5.74, 6) is 0.408. The topological polar surface area (TPSA) is 42.3 Å². The summed E-state index contributed by atoms with van der Waals surface area (Å²) in [6, 6.07) is 14.7. The van der Waals surface area contributed by atoms with E-state index in [2.05, 4.69) is 10.3 Å². The predicted octanol–water partition coefficient (Wildman–Crippen LogP) is 7.08. The molecule has 0 amide bonds. The second-order valence-electron chi connectivity index (χ2n) is 7.88. The van der Waals surface area contributed by atoms with Gasteiger partial charge in [0, 0.05) is 34.8 Å². The molecule has 0 atom stereocenters. The van der Waals surface area contributed by atoms with Crippen LogP contribution in [0.25, 0.3) is 10.9 Å². The molecule has 0 bridgehead atoms. The maximum Gasteiger partial charge on any atom is 0.416 e. The average molecular weight is 507 g/mol. The van der Waals surface area contributed by atoms with Crippen LogP contribution in [0, 0.1) is 0 Å². The lowest BCUT2D eigenvalue weighted by Crippen LogP contribution is -2.10. The molecule has 4 aromatic rings. The van der Waals surface area contributed by atoms with Gasteiger partial charge in [-0.1, -0.05) is 23.7 Å². The minimum atomic E-state index is -4.39. The molecular weight excluding hydrogens is 485 g/mol.